The highest BCUT2D eigenvalue weighted by atomic mass is 35.5. The van der Waals surface area contributed by atoms with Crippen LogP contribution in [0.2, 0.25) is 5.02 Å². The minimum atomic E-state index is -4.09. The minimum absolute atomic E-state index is 0.0474. The van der Waals surface area contributed by atoms with Crippen LogP contribution in [0.15, 0.2) is 64.6 Å². The molecule has 1 N–H and O–H groups in total. The van der Waals surface area contributed by atoms with Crippen LogP contribution in [0.4, 0.5) is 5.69 Å². The van der Waals surface area contributed by atoms with Crippen LogP contribution in [0.3, 0.4) is 0 Å². The maximum atomic E-state index is 13.6. The standard InChI is InChI=1S/C26H28ClN3O6S/c1-17-9-11-20(12-10-17)37(32,33)30(22-8-6-7-21(27)18(22)2)16-25(31)29-28-15-19-13-23(34-3)26(36-5)24(14-19)35-4/h6-15H,16H2,1-5H3,(H,29,31)/b28-15-. The minimum Gasteiger partial charge on any atom is -0.493 e. The van der Waals surface area contributed by atoms with E-state index in [2.05, 4.69) is 10.5 Å². The molecule has 0 spiro atoms. The van der Waals surface area contributed by atoms with Crippen molar-refractivity contribution in [1.29, 1.82) is 0 Å². The van der Waals surface area contributed by atoms with Crippen molar-refractivity contribution in [1.82, 2.24) is 5.43 Å². The van der Waals surface area contributed by atoms with Gasteiger partial charge in [0, 0.05) is 10.6 Å². The van der Waals surface area contributed by atoms with Gasteiger partial charge in [-0.1, -0.05) is 35.4 Å². The molecule has 0 aliphatic rings. The number of methoxy groups -OCH3 is 3. The number of carbonyl (C=O) groups is 1. The zero-order valence-corrected chi connectivity index (χ0v) is 22.7. The van der Waals surface area contributed by atoms with E-state index in [-0.39, 0.29) is 10.6 Å². The van der Waals surface area contributed by atoms with Gasteiger partial charge < -0.3 is 14.2 Å². The highest BCUT2D eigenvalue weighted by molar-refractivity contribution is 7.92. The number of anilines is 1. The second-order valence-corrected chi connectivity index (χ2v) is 10.2. The molecule has 0 fully saturated rings. The topological polar surface area (TPSA) is 107 Å². The molecule has 3 rings (SSSR count). The van der Waals surface area contributed by atoms with Crippen molar-refractivity contribution in [3.63, 3.8) is 0 Å². The Balaban J connectivity index is 1.89. The summed E-state index contributed by atoms with van der Waals surface area (Å²) in [6, 6.07) is 14.6. The SMILES string of the molecule is COc1cc(/C=N\NC(=O)CN(c2cccc(Cl)c2C)S(=O)(=O)c2ccc(C)cc2)cc(OC)c1OC. The molecular formula is C26H28ClN3O6S. The van der Waals surface area contributed by atoms with Gasteiger partial charge >= 0.3 is 0 Å². The van der Waals surface area contributed by atoms with Crippen molar-refractivity contribution in [3.8, 4) is 17.2 Å². The van der Waals surface area contributed by atoms with Crippen molar-refractivity contribution in [3.05, 3.63) is 76.3 Å². The summed E-state index contributed by atoms with van der Waals surface area (Å²) in [5.41, 5.74) is 4.66. The van der Waals surface area contributed by atoms with Gasteiger partial charge in [-0.25, -0.2) is 13.8 Å². The zero-order chi connectivity index (χ0) is 27.2. The number of nitrogens with one attached hydrogen (secondary N) is 1. The number of aryl methyl sites for hydroxylation is 1. The van der Waals surface area contributed by atoms with Crippen LogP contribution in [0.1, 0.15) is 16.7 Å². The van der Waals surface area contributed by atoms with E-state index in [0.29, 0.717) is 33.4 Å². The van der Waals surface area contributed by atoms with Crippen LogP contribution in [-0.2, 0) is 14.8 Å². The van der Waals surface area contributed by atoms with E-state index >= 15 is 0 Å². The number of sulfonamides is 1. The van der Waals surface area contributed by atoms with E-state index < -0.39 is 22.5 Å². The van der Waals surface area contributed by atoms with Gasteiger partial charge in [-0.05, 0) is 55.8 Å². The fourth-order valence-corrected chi connectivity index (χ4v) is 5.17. The second-order valence-electron chi connectivity index (χ2n) is 7.96. The first-order valence-corrected chi connectivity index (χ1v) is 12.9. The summed E-state index contributed by atoms with van der Waals surface area (Å²) in [5.74, 6) is 0.599. The molecule has 0 radical (unpaired) electrons. The van der Waals surface area contributed by atoms with Gasteiger partial charge in [0.15, 0.2) is 11.5 Å². The van der Waals surface area contributed by atoms with Crippen LogP contribution >= 0.6 is 11.6 Å². The number of hydrogen-bond donors (Lipinski definition) is 1. The van der Waals surface area contributed by atoms with Gasteiger partial charge in [0.05, 0.1) is 38.1 Å². The lowest BCUT2D eigenvalue weighted by atomic mass is 10.2. The van der Waals surface area contributed by atoms with Crippen LogP contribution in [0.25, 0.3) is 0 Å². The van der Waals surface area contributed by atoms with Crippen LogP contribution < -0.4 is 23.9 Å². The van der Waals surface area contributed by atoms with E-state index in [1.165, 1.54) is 39.7 Å². The van der Waals surface area contributed by atoms with Gasteiger partial charge in [0.25, 0.3) is 15.9 Å². The van der Waals surface area contributed by atoms with Gasteiger partial charge in [0.1, 0.15) is 6.54 Å². The average molecular weight is 546 g/mol. The largest absolute Gasteiger partial charge is 0.493 e. The Kier molecular flexibility index (Phi) is 9.01. The summed E-state index contributed by atoms with van der Waals surface area (Å²) in [6.45, 7) is 3.02. The Morgan fingerprint density at radius 1 is 1.00 bits per heavy atom. The third-order valence-electron chi connectivity index (χ3n) is 5.49. The van der Waals surface area contributed by atoms with E-state index in [1.807, 2.05) is 6.92 Å². The third kappa shape index (κ3) is 6.33. The normalized spacial score (nSPS) is 11.3. The fourth-order valence-electron chi connectivity index (χ4n) is 3.52. The highest BCUT2D eigenvalue weighted by Crippen LogP contribution is 2.37. The number of carbonyl (C=O) groups excluding carboxylic acids is 1. The summed E-state index contributed by atoms with van der Waals surface area (Å²) < 4.78 is 44.1. The van der Waals surface area contributed by atoms with Gasteiger partial charge in [-0.2, -0.15) is 5.10 Å². The number of nitrogens with zero attached hydrogens (tertiary/aromatic N) is 2. The van der Waals surface area contributed by atoms with Crippen LogP contribution in [0.5, 0.6) is 17.2 Å². The quantitative estimate of drug-likeness (QED) is 0.300. The smallest absolute Gasteiger partial charge is 0.264 e. The number of hydrazone groups is 1. The second kappa shape index (κ2) is 12.0. The number of halogens is 1. The molecule has 3 aromatic rings. The first-order chi connectivity index (χ1) is 17.6. The molecule has 0 saturated carbocycles. The lowest BCUT2D eigenvalue weighted by Gasteiger charge is -2.25. The van der Waals surface area contributed by atoms with Crippen molar-refractivity contribution < 1.29 is 27.4 Å². The first kappa shape index (κ1) is 27.8. The number of ether oxygens (including phenoxy) is 3. The molecule has 0 atom stereocenters. The molecule has 0 aliphatic heterocycles. The molecule has 11 heteroatoms. The summed E-state index contributed by atoms with van der Waals surface area (Å²) in [7, 11) is 0.373. The van der Waals surface area contributed by atoms with E-state index in [0.717, 1.165) is 9.87 Å². The number of benzene rings is 3. The Morgan fingerprint density at radius 2 is 1.62 bits per heavy atom. The predicted molar refractivity (Wildman–Crippen MR) is 144 cm³/mol. The van der Waals surface area contributed by atoms with E-state index in [4.69, 9.17) is 25.8 Å². The van der Waals surface area contributed by atoms with Gasteiger partial charge in [0.2, 0.25) is 5.75 Å². The van der Waals surface area contributed by atoms with E-state index in [9.17, 15) is 13.2 Å². The third-order valence-corrected chi connectivity index (χ3v) is 7.68. The molecule has 3 aromatic carbocycles. The molecule has 0 heterocycles. The number of hydrogen-bond acceptors (Lipinski definition) is 7. The van der Waals surface area contributed by atoms with Gasteiger partial charge in [-0.15, -0.1) is 0 Å². The highest BCUT2D eigenvalue weighted by Gasteiger charge is 2.28. The van der Waals surface area contributed by atoms with Crippen molar-refractivity contribution in [2.24, 2.45) is 5.10 Å². The molecule has 196 valence electrons. The maximum absolute atomic E-state index is 13.6. The van der Waals surface area contributed by atoms with Gasteiger partial charge in [-0.3, -0.25) is 9.10 Å². The molecule has 0 saturated heterocycles. The Hall–Kier alpha value is -3.76. The van der Waals surface area contributed by atoms with E-state index in [1.54, 1.807) is 49.4 Å². The Morgan fingerprint density at radius 3 is 2.19 bits per heavy atom. The molecule has 0 aliphatic carbocycles. The summed E-state index contributed by atoms with van der Waals surface area (Å²) in [5, 5.41) is 4.35. The lowest BCUT2D eigenvalue weighted by molar-refractivity contribution is -0.119. The summed E-state index contributed by atoms with van der Waals surface area (Å²) in [4.78, 5) is 12.9. The molecule has 0 bridgehead atoms. The molecule has 0 unspecified atom stereocenters. The predicted octanol–water partition coefficient (Wildman–Crippen LogP) is 4.33. The fraction of sp³-hybridized carbons (Fsp3) is 0.231. The van der Waals surface area contributed by atoms with Crippen molar-refractivity contribution in [2.75, 3.05) is 32.2 Å². The molecular weight excluding hydrogens is 518 g/mol. The Labute approximate surface area is 221 Å². The molecule has 0 aromatic heterocycles. The maximum Gasteiger partial charge on any atom is 0.264 e. The van der Waals surface area contributed by atoms with Crippen molar-refractivity contribution >= 4 is 39.4 Å². The monoisotopic (exact) mass is 545 g/mol. The molecule has 37 heavy (non-hydrogen) atoms. The molecule has 1 amide bonds. The number of amides is 1. The molecule has 9 nitrogen and oxygen atoms in total. The van der Waals surface area contributed by atoms with Crippen molar-refractivity contribution in [2.45, 2.75) is 18.7 Å². The van der Waals surface area contributed by atoms with Crippen LogP contribution in [-0.4, -0.2) is 48.4 Å². The average Bonchev–Trinajstić information content (AvgIpc) is 2.88. The summed E-state index contributed by atoms with van der Waals surface area (Å²) in [6.07, 6.45) is 1.38. The summed E-state index contributed by atoms with van der Waals surface area (Å²) >= 11 is 6.26. The Bertz CT molecular complexity index is 1380. The first-order valence-electron chi connectivity index (χ1n) is 11.1. The lowest BCUT2D eigenvalue weighted by Crippen LogP contribution is -2.40. The number of rotatable bonds is 10. The zero-order valence-electron chi connectivity index (χ0n) is 21.1. The van der Waals surface area contributed by atoms with Crippen LogP contribution in [0, 0.1) is 13.8 Å².